The zero-order valence-electron chi connectivity index (χ0n) is 18.5. The van der Waals surface area contributed by atoms with Crippen molar-refractivity contribution in [3.05, 3.63) is 0 Å². The van der Waals surface area contributed by atoms with Crippen LogP contribution in [0.3, 0.4) is 0 Å². The molecule has 0 aromatic rings. The molecule has 0 heterocycles. The van der Waals surface area contributed by atoms with E-state index in [1.807, 2.05) is 0 Å². The van der Waals surface area contributed by atoms with Crippen LogP contribution in [0.2, 0.25) is 0 Å². The molecule has 0 aliphatic heterocycles. The molecular formula is C22H43N3O3. The summed E-state index contributed by atoms with van der Waals surface area (Å²) in [6.07, 6.45) is 15.4. The van der Waals surface area contributed by atoms with Crippen molar-refractivity contribution in [2.24, 2.45) is 0 Å². The fraction of sp³-hybridized carbons (Fsp3) is 0.864. The lowest BCUT2D eigenvalue weighted by molar-refractivity contribution is -0.144. The van der Waals surface area contributed by atoms with Crippen LogP contribution in [0.25, 0.3) is 0 Å². The second-order valence-corrected chi connectivity index (χ2v) is 7.61. The van der Waals surface area contributed by atoms with Crippen LogP contribution >= 0.6 is 0 Å². The van der Waals surface area contributed by atoms with Gasteiger partial charge in [-0.1, -0.05) is 84.5 Å². The van der Waals surface area contributed by atoms with Crippen molar-refractivity contribution in [2.45, 2.75) is 104 Å². The summed E-state index contributed by atoms with van der Waals surface area (Å²) < 4.78 is 5.18. The van der Waals surface area contributed by atoms with Gasteiger partial charge in [0.25, 0.3) is 0 Å². The zero-order chi connectivity index (χ0) is 21.0. The molecule has 0 aromatic carbocycles. The van der Waals surface area contributed by atoms with Crippen LogP contribution in [0.15, 0.2) is 0 Å². The van der Waals surface area contributed by atoms with Gasteiger partial charge in [-0.25, -0.2) is 0 Å². The molecule has 0 rings (SSSR count). The molecule has 0 atom stereocenters. The fourth-order valence-electron chi connectivity index (χ4n) is 2.92. The van der Waals surface area contributed by atoms with Crippen LogP contribution in [0, 0.1) is 5.41 Å². The highest BCUT2D eigenvalue weighted by Gasteiger charge is 2.13. The first-order valence-electron chi connectivity index (χ1n) is 11.3. The second-order valence-electron chi connectivity index (χ2n) is 7.61. The van der Waals surface area contributed by atoms with Gasteiger partial charge in [-0.15, -0.1) is 0 Å². The Balaban J connectivity index is 3.71. The van der Waals surface area contributed by atoms with E-state index in [2.05, 4.69) is 19.2 Å². The summed E-state index contributed by atoms with van der Waals surface area (Å²) >= 11 is 0. The molecule has 0 aliphatic carbocycles. The number of esters is 1. The van der Waals surface area contributed by atoms with Crippen LogP contribution in [0.1, 0.15) is 104 Å². The predicted molar refractivity (Wildman–Crippen MR) is 115 cm³/mol. The van der Waals surface area contributed by atoms with Gasteiger partial charge in [0.05, 0.1) is 6.61 Å². The van der Waals surface area contributed by atoms with Gasteiger partial charge in [0.1, 0.15) is 6.54 Å². The van der Waals surface area contributed by atoms with Crippen molar-refractivity contribution in [3.63, 3.8) is 0 Å². The molecule has 0 bridgehead atoms. The first-order valence-corrected chi connectivity index (χ1v) is 11.3. The largest absolute Gasteiger partial charge is 0.464 e. The lowest BCUT2D eigenvalue weighted by atomic mass is 10.1. The van der Waals surface area contributed by atoms with E-state index in [0.29, 0.717) is 13.0 Å². The van der Waals surface area contributed by atoms with Gasteiger partial charge in [-0.3, -0.25) is 20.3 Å². The van der Waals surface area contributed by atoms with E-state index in [-0.39, 0.29) is 24.4 Å². The van der Waals surface area contributed by atoms with E-state index in [1.54, 1.807) is 7.05 Å². The van der Waals surface area contributed by atoms with E-state index in [4.69, 9.17) is 10.1 Å². The van der Waals surface area contributed by atoms with Crippen LogP contribution in [0.5, 0.6) is 0 Å². The molecule has 0 saturated heterocycles. The van der Waals surface area contributed by atoms with E-state index in [1.165, 1.54) is 62.7 Å². The van der Waals surface area contributed by atoms with Crippen molar-refractivity contribution < 1.29 is 14.3 Å². The third-order valence-corrected chi connectivity index (χ3v) is 4.77. The van der Waals surface area contributed by atoms with Crippen LogP contribution in [-0.2, 0) is 14.3 Å². The standard InChI is InChI=1S/C22H43N3O3/c1-4-6-8-10-11-12-13-15-17-20(26)24-22(23)25(3)19-21(27)28-18-16-14-9-7-5-2/h4-19H2,1-3H3,(H2,23,24,26). The monoisotopic (exact) mass is 397 g/mol. The average molecular weight is 398 g/mol. The molecule has 0 unspecified atom stereocenters. The highest BCUT2D eigenvalue weighted by atomic mass is 16.5. The number of amides is 1. The van der Waals surface area contributed by atoms with Gasteiger partial charge >= 0.3 is 5.97 Å². The maximum Gasteiger partial charge on any atom is 0.325 e. The van der Waals surface area contributed by atoms with Gasteiger partial charge in [0.2, 0.25) is 5.91 Å². The summed E-state index contributed by atoms with van der Waals surface area (Å²) in [5.41, 5.74) is 0. The predicted octanol–water partition coefficient (Wildman–Crippen LogP) is 5.01. The molecule has 6 nitrogen and oxygen atoms in total. The summed E-state index contributed by atoms with van der Waals surface area (Å²) in [6, 6.07) is 0. The Bertz CT molecular complexity index is 427. The third-order valence-electron chi connectivity index (χ3n) is 4.77. The van der Waals surface area contributed by atoms with Crippen molar-refractivity contribution >= 4 is 17.8 Å². The van der Waals surface area contributed by atoms with Crippen LogP contribution < -0.4 is 5.32 Å². The molecule has 0 saturated carbocycles. The highest BCUT2D eigenvalue weighted by Crippen LogP contribution is 2.09. The van der Waals surface area contributed by atoms with E-state index >= 15 is 0 Å². The molecule has 0 spiro atoms. The summed E-state index contributed by atoms with van der Waals surface area (Å²) in [7, 11) is 1.61. The Kier molecular flexibility index (Phi) is 17.7. The number of carbonyl (C=O) groups is 2. The Morgan fingerprint density at radius 1 is 0.821 bits per heavy atom. The first-order chi connectivity index (χ1) is 13.5. The second kappa shape index (κ2) is 18.8. The van der Waals surface area contributed by atoms with Crippen LogP contribution in [-0.4, -0.2) is 42.9 Å². The van der Waals surface area contributed by atoms with Gasteiger partial charge in [-0.05, 0) is 12.8 Å². The molecule has 6 heteroatoms. The molecule has 1 amide bonds. The number of guanidine groups is 1. The maximum absolute atomic E-state index is 11.9. The normalized spacial score (nSPS) is 10.5. The zero-order valence-corrected chi connectivity index (χ0v) is 18.5. The number of unbranched alkanes of at least 4 members (excludes halogenated alkanes) is 11. The minimum atomic E-state index is -0.361. The molecule has 28 heavy (non-hydrogen) atoms. The smallest absolute Gasteiger partial charge is 0.325 e. The lowest BCUT2D eigenvalue weighted by Crippen LogP contribution is -2.43. The SMILES string of the molecule is CCCCCCCCCCC(=O)NC(=N)N(C)CC(=O)OCCCCCCC. The average Bonchev–Trinajstić information content (AvgIpc) is 2.66. The molecule has 0 radical (unpaired) electrons. The van der Waals surface area contributed by atoms with Gasteiger partial charge in [-0.2, -0.15) is 0 Å². The number of hydrogen-bond acceptors (Lipinski definition) is 4. The van der Waals surface area contributed by atoms with Crippen molar-refractivity contribution in [2.75, 3.05) is 20.2 Å². The summed E-state index contributed by atoms with van der Waals surface area (Å²) in [4.78, 5) is 25.1. The quantitative estimate of drug-likeness (QED) is 0.156. The maximum atomic E-state index is 11.9. The topological polar surface area (TPSA) is 82.5 Å². The summed E-state index contributed by atoms with van der Waals surface area (Å²) in [5, 5.41) is 10.5. The van der Waals surface area contributed by atoms with Gasteiger partial charge in [0.15, 0.2) is 5.96 Å². The third kappa shape index (κ3) is 16.6. The van der Waals surface area contributed by atoms with E-state index in [9.17, 15) is 9.59 Å². The summed E-state index contributed by atoms with van der Waals surface area (Å²) in [6.45, 7) is 4.78. The molecule has 0 aromatic heterocycles. The lowest BCUT2D eigenvalue weighted by Gasteiger charge is -2.19. The number of likely N-dealkylation sites (N-methyl/N-ethyl adjacent to an activating group) is 1. The number of nitrogens with zero attached hydrogens (tertiary/aromatic N) is 1. The number of ether oxygens (including phenoxy) is 1. The van der Waals surface area contributed by atoms with E-state index < -0.39 is 0 Å². The Hall–Kier alpha value is -1.59. The number of nitrogens with one attached hydrogen (secondary N) is 2. The number of hydrogen-bond donors (Lipinski definition) is 2. The van der Waals surface area contributed by atoms with E-state index in [0.717, 1.165) is 25.7 Å². The minimum absolute atomic E-state index is 0.0220. The summed E-state index contributed by atoms with van der Waals surface area (Å²) in [5.74, 6) is -0.573. The highest BCUT2D eigenvalue weighted by molar-refractivity contribution is 5.96. The molecule has 164 valence electrons. The Labute approximate surface area is 172 Å². The molecule has 0 fully saturated rings. The van der Waals surface area contributed by atoms with Crippen molar-refractivity contribution in [1.29, 1.82) is 5.41 Å². The Morgan fingerprint density at radius 2 is 1.32 bits per heavy atom. The fourth-order valence-corrected chi connectivity index (χ4v) is 2.92. The van der Waals surface area contributed by atoms with Crippen LogP contribution in [0.4, 0.5) is 0 Å². The van der Waals surface area contributed by atoms with Gasteiger partial charge < -0.3 is 9.64 Å². The molecule has 0 aliphatic rings. The Morgan fingerprint density at radius 3 is 1.89 bits per heavy atom. The van der Waals surface area contributed by atoms with Gasteiger partial charge in [0, 0.05) is 13.5 Å². The number of carbonyl (C=O) groups excluding carboxylic acids is 2. The first kappa shape index (κ1) is 26.4. The molecule has 2 N–H and O–H groups in total. The molecular weight excluding hydrogens is 354 g/mol. The minimum Gasteiger partial charge on any atom is -0.464 e. The van der Waals surface area contributed by atoms with Crippen molar-refractivity contribution in [3.8, 4) is 0 Å². The van der Waals surface area contributed by atoms with Crippen molar-refractivity contribution in [1.82, 2.24) is 10.2 Å². The number of rotatable bonds is 17.